The summed E-state index contributed by atoms with van der Waals surface area (Å²) in [6.07, 6.45) is 2.75. The van der Waals surface area contributed by atoms with Gasteiger partial charge in [-0.1, -0.05) is 73.3 Å². The third-order valence-corrected chi connectivity index (χ3v) is 7.43. The SMILES string of the molecule is C=CCOc1ccc(C[C@H](NC(=O)[C@H](CCCCN)NC(=O)OCC2c3ccccc3-c3ccccc32)C(=O)OC)cc1. The Bertz CT molecular complexity index is 1360. The smallest absolute Gasteiger partial charge is 0.407 e. The van der Waals surface area contributed by atoms with Crippen molar-refractivity contribution in [2.75, 3.05) is 26.9 Å². The molecule has 4 N–H and O–H groups in total. The van der Waals surface area contributed by atoms with Crippen molar-refractivity contribution < 1.29 is 28.6 Å². The monoisotopic (exact) mass is 585 g/mol. The number of alkyl carbamates (subject to hydrolysis) is 1. The summed E-state index contributed by atoms with van der Waals surface area (Å²) < 4.78 is 16.1. The van der Waals surface area contributed by atoms with Gasteiger partial charge < -0.3 is 30.6 Å². The van der Waals surface area contributed by atoms with Gasteiger partial charge in [-0.25, -0.2) is 9.59 Å². The average molecular weight is 586 g/mol. The lowest BCUT2D eigenvalue weighted by Gasteiger charge is -2.23. The number of fused-ring (bicyclic) bond motifs is 3. The number of carbonyl (C=O) groups excluding carboxylic acids is 3. The first-order valence-electron chi connectivity index (χ1n) is 14.5. The van der Waals surface area contributed by atoms with Gasteiger partial charge in [-0.3, -0.25) is 4.79 Å². The molecule has 0 bridgehead atoms. The van der Waals surface area contributed by atoms with Crippen LogP contribution in [0.15, 0.2) is 85.5 Å². The molecule has 0 saturated heterocycles. The summed E-state index contributed by atoms with van der Waals surface area (Å²) in [6.45, 7) is 4.58. The molecule has 4 rings (SSSR count). The van der Waals surface area contributed by atoms with E-state index >= 15 is 0 Å². The van der Waals surface area contributed by atoms with Crippen molar-refractivity contribution in [1.29, 1.82) is 0 Å². The highest BCUT2D eigenvalue weighted by molar-refractivity contribution is 5.90. The molecule has 9 nitrogen and oxygen atoms in total. The minimum Gasteiger partial charge on any atom is -0.490 e. The second-order valence-corrected chi connectivity index (χ2v) is 10.3. The van der Waals surface area contributed by atoms with Crippen LogP contribution in [0.4, 0.5) is 4.79 Å². The molecule has 9 heteroatoms. The summed E-state index contributed by atoms with van der Waals surface area (Å²) in [4.78, 5) is 39.0. The van der Waals surface area contributed by atoms with Gasteiger partial charge in [0.15, 0.2) is 0 Å². The normalized spacial score (nSPS) is 13.2. The third-order valence-electron chi connectivity index (χ3n) is 7.43. The molecule has 0 radical (unpaired) electrons. The number of methoxy groups -OCH3 is 1. The Balaban J connectivity index is 1.41. The van der Waals surface area contributed by atoms with Gasteiger partial charge in [0.25, 0.3) is 0 Å². The van der Waals surface area contributed by atoms with Crippen molar-refractivity contribution in [3.05, 3.63) is 102 Å². The quantitative estimate of drug-likeness (QED) is 0.136. The molecule has 226 valence electrons. The number of amides is 2. The lowest BCUT2D eigenvalue weighted by molar-refractivity contribution is -0.145. The second-order valence-electron chi connectivity index (χ2n) is 10.3. The molecule has 3 aromatic rings. The van der Waals surface area contributed by atoms with E-state index in [1.807, 2.05) is 48.5 Å². The van der Waals surface area contributed by atoms with Crippen LogP contribution in [0.2, 0.25) is 0 Å². The standard InChI is InChI=1S/C34H39N3O6/c1-3-20-42-24-17-15-23(16-18-24)21-31(33(39)41-2)36-32(38)30(14-8-9-19-35)37-34(40)43-22-29-27-12-6-4-10-25(27)26-11-5-7-13-28(26)29/h3-7,10-13,15-18,29-31H,1,8-9,14,19-22,35H2,2H3,(H,36,38)(H,37,40)/t30-,31-/m0/s1. The highest BCUT2D eigenvalue weighted by atomic mass is 16.5. The number of esters is 1. The van der Waals surface area contributed by atoms with E-state index in [9.17, 15) is 14.4 Å². The van der Waals surface area contributed by atoms with Gasteiger partial charge in [-0.15, -0.1) is 0 Å². The van der Waals surface area contributed by atoms with Crippen LogP contribution < -0.4 is 21.1 Å². The van der Waals surface area contributed by atoms with E-state index in [2.05, 4.69) is 29.3 Å². The Labute approximate surface area is 252 Å². The number of hydrogen-bond acceptors (Lipinski definition) is 7. The number of ether oxygens (including phenoxy) is 3. The van der Waals surface area contributed by atoms with E-state index in [0.29, 0.717) is 38.2 Å². The minimum absolute atomic E-state index is 0.111. The molecule has 0 spiro atoms. The molecule has 0 fully saturated rings. The molecule has 1 aliphatic carbocycles. The highest BCUT2D eigenvalue weighted by Crippen LogP contribution is 2.44. The number of rotatable bonds is 15. The maximum Gasteiger partial charge on any atom is 0.407 e. The van der Waals surface area contributed by atoms with Crippen LogP contribution in [0.1, 0.15) is 41.9 Å². The summed E-state index contributed by atoms with van der Waals surface area (Å²) in [5, 5.41) is 5.47. The van der Waals surface area contributed by atoms with Crippen LogP contribution in [-0.2, 0) is 25.5 Å². The van der Waals surface area contributed by atoms with Crippen molar-refractivity contribution in [3.63, 3.8) is 0 Å². The van der Waals surface area contributed by atoms with E-state index in [4.69, 9.17) is 19.9 Å². The Morgan fingerprint density at radius 2 is 1.56 bits per heavy atom. The Morgan fingerprint density at radius 3 is 2.16 bits per heavy atom. The average Bonchev–Trinajstić information content (AvgIpc) is 3.35. The summed E-state index contributed by atoms with van der Waals surface area (Å²) >= 11 is 0. The summed E-state index contributed by atoms with van der Waals surface area (Å²) in [6, 6.07) is 21.4. The predicted molar refractivity (Wildman–Crippen MR) is 165 cm³/mol. The fourth-order valence-corrected chi connectivity index (χ4v) is 5.26. The van der Waals surface area contributed by atoms with Gasteiger partial charge in [0.1, 0.15) is 31.0 Å². The van der Waals surface area contributed by atoms with E-state index in [1.165, 1.54) is 7.11 Å². The zero-order valence-corrected chi connectivity index (χ0v) is 24.4. The third kappa shape index (κ3) is 8.23. The highest BCUT2D eigenvalue weighted by Gasteiger charge is 2.31. The van der Waals surface area contributed by atoms with Crippen molar-refractivity contribution in [1.82, 2.24) is 10.6 Å². The zero-order valence-electron chi connectivity index (χ0n) is 24.4. The first kappa shape index (κ1) is 31.3. The van der Waals surface area contributed by atoms with E-state index < -0.39 is 30.1 Å². The lowest BCUT2D eigenvalue weighted by Crippen LogP contribution is -2.52. The first-order valence-corrected chi connectivity index (χ1v) is 14.5. The molecular weight excluding hydrogens is 546 g/mol. The van der Waals surface area contributed by atoms with Crippen LogP contribution in [0, 0.1) is 0 Å². The van der Waals surface area contributed by atoms with Gasteiger partial charge in [0.05, 0.1) is 7.11 Å². The van der Waals surface area contributed by atoms with Crippen LogP contribution in [0.5, 0.6) is 5.75 Å². The number of nitrogens with one attached hydrogen (secondary N) is 2. The maximum atomic E-state index is 13.4. The van der Waals surface area contributed by atoms with Gasteiger partial charge in [-0.05, 0) is 65.8 Å². The number of hydrogen-bond donors (Lipinski definition) is 3. The second kappa shape index (κ2) is 15.6. The first-order chi connectivity index (χ1) is 20.9. The largest absolute Gasteiger partial charge is 0.490 e. The van der Waals surface area contributed by atoms with Crippen LogP contribution in [-0.4, -0.2) is 56.9 Å². The Hall–Kier alpha value is -4.63. The van der Waals surface area contributed by atoms with Gasteiger partial charge in [-0.2, -0.15) is 0 Å². The molecular formula is C34H39N3O6. The molecule has 43 heavy (non-hydrogen) atoms. The van der Waals surface area contributed by atoms with Crippen molar-refractivity contribution >= 4 is 18.0 Å². The number of benzene rings is 3. The van der Waals surface area contributed by atoms with Crippen LogP contribution >= 0.6 is 0 Å². The molecule has 0 heterocycles. The molecule has 1 aliphatic rings. The minimum atomic E-state index is -0.959. The molecule has 2 amide bonds. The topological polar surface area (TPSA) is 129 Å². The van der Waals surface area contributed by atoms with Crippen LogP contribution in [0.3, 0.4) is 0 Å². The summed E-state index contributed by atoms with van der Waals surface area (Å²) in [5.41, 5.74) is 10.9. The van der Waals surface area contributed by atoms with E-state index in [0.717, 1.165) is 27.8 Å². The number of nitrogens with two attached hydrogens (primary N) is 1. The van der Waals surface area contributed by atoms with Gasteiger partial charge >= 0.3 is 12.1 Å². The number of unbranched alkanes of at least 4 members (excludes halogenated alkanes) is 1. The van der Waals surface area contributed by atoms with E-state index in [1.54, 1.807) is 18.2 Å². The predicted octanol–water partition coefficient (Wildman–Crippen LogP) is 4.49. The summed E-state index contributed by atoms with van der Waals surface area (Å²) in [5.74, 6) is -0.552. The van der Waals surface area contributed by atoms with Crippen molar-refractivity contribution in [2.45, 2.75) is 43.7 Å². The van der Waals surface area contributed by atoms with Crippen molar-refractivity contribution in [3.8, 4) is 16.9 Å². The van der Waals surface area contributed by atoms with Gasteiger partial charge in [0, 0.05) is 12.3 Å². The summed E-state index contributed by atoms with van der Waals surface area (Å²) in [7, 11) is 1.27. The lowest BCUT2D eigenvalue weighted by atomic mass is 9.98. The molecule has 3 aromatic carbocycles. The molecule has 0 saturated carbocycles. The zero-order chi connectivity index (χ0) is 30.6. The molecule has 2 atom stereocenters. The van der Waals surface area contributed by atoms with Crippen molar-refractivity contribution in [2.24, 2.45) is 5.73 Å². The number of carbonyl (C=O) groups is 3. The Kier molecular flexibility index (Phi) is 11.3. The fraction of sp³-hybridized carbons (Fsp3) is 0.324. The molecule has 0 unspecified atom stereocenters. The molecule has 0 aromatic heterocycles. The molecule has 0 aliphatic heterocycles. The van der Waals surface area contributed by atoms with E-state index in [-0.39, 0.29) is 18.9 Å². The fourth-order valence-electron chi connectivity index (χ4n) is 5.26. The van der Waals surface area contributed by atoms with Gasteiger partial charge in [0.2, 0.25) is 5.91 Å². The Morgan fingerprint density at radius 1 is 0.907 bits per heavy atom. The van der Waals surface area contributed by atoms with Crippen LogP contribution in [0.25, 0.3) is 11.1 Å². The maximum absolute atomic E-state index is 13.4.